The minimum atomic E-state index is -0.492. The summed E-state index contributed by atoms with van der Waals surface area (Å²) >= 11 is 0. The number of anilines is 2. The van der Waals surface area contributed by atoms with Crippen molar-refractivity contribution < 1.29 is 9.66 Å². The Labute approximate surface area is 127 Å². The Morgan fingerprint density at radius 2 is 1.82 bits per heavy atom. The highest BCUT2D eigenvalue weighted by Gasteiger charge is 2.22. The predicted octanol–water partition coefficient (Wildman–Crippen LogP) is 2.44. The summed E-state index contributed by atoms with van der Waals surface area (Å²) in [5.74, 6) is 1.15. The Kier molecular flexibility index (Phi) is 5.07. The molecule has 0 atom stereocenters. The maximum absolute atomic E-state index is 11.2. The highest BCUT2D eigenvalue weighted by atomic mass is 16.6. The molecule has 2 rings (SSSR count). The molecule has 0 spiro atoms. The van der Waals surface area contributed by atoms with Crippen LogP contribution in [0.15, 0.2) is 30.6 Å². The van der Waals surface area contributed by atoms with Gasteiger partial charge in [-0.05, 0) is 24.6 Å². The van der Waals surface area contributed by atoms with Gasteiger partial charge in [0.25, 0.3) is 0 Å². The number of benzene rings is 1. The Morgan fingerprint density at radius 3 is 2.36 bits per heavy atom. The van der Waals surface area contributed by atoms with Crippen LogP contribution < -0.4 is 15.4 Å². The molecule has 0 aliphatic rings. The quantitative estimate of drug-likeness (QED) is 0.598. The zero-order chi connectivity index (χ0) is 15.9. The Hall–Kier alpha value is -2.90. The molecule has 2 aromatic rings. The minimum Gasteiger partial charge on any atom is -0.497 e. The van der Waals surface area contributed by atoms with Crippen molar-refractivity contribution in [1.29, 1.82) is 0 Å². The maximum Gasteiger partial charge on any atom is 0.353 e. The molecule has 2 N–H and O–H groups in total. The number of hydrogen-bond donors (Lipinski definition) is 2. The van der Waals surface area contributed by atoms with E-state index in [1.165, 1.54) is 6.33 Å². The summed E-state index contributed by atoms with van der Waals surface area (Å²) in [6.07, 6.45) is 1.29. The van der Waals surface area contributed by atoms with Crippen molar-refractivity contribution in [2.24, 2.45) is 0 Å². The molecule has 8 heteroatoms. The summed E-state index contributed by atoms with van der Waals surface area (Å²) in [4.78, 5) is 18.6. The third-order valence-electron chi connectivity index (χ3n) is 2.97. The fourth-order valence-electron chi connectivity index (χ4n) is 1.91. The largest absolute Gasteiger partial charge is 0.497 e. The van der Waals surface area contributed by atoms with Gasteiger partial charge in [-0.2, -0.15) is 0 Å². The zero-order valence-corrected chi connectivity index (χ0v) is 12.4. The van der Waals surface area contributed by atoms with Gasteiger partial charge in [0, 0.05) is 13.1 Å². The van der Waals surface area contributed by atoms with E-state index in [9.17, 15) is 10.1 Å². The first-order valence-electron chi connectivity index (χ1n) is 6.75. The standard InChI is InChI=1S/C14H17N5O3/c1-3-15-13-12(19(20)21)14(18-9-17-13)16-8-10-4-6-11(22-2)7-5-10/h4-7,9H,3,8H2,1-2H3,(H2,15,16,17,18). The molecule has 1 aromatic carbocycles. The van der Waals surface area contributed by atoms with Crippen LogP contribution in [-0.2, 0) is 6.54 Å². The zero-order valence-electron chi connectivity index (χ0n) is 12.4. The van der Waals surface area contributed by atoms with Crippen LogP contribution in [0.5, 0.6) is 5.75 Å². The monoisotopic (exact) mass is 303 g/mol. The van der Waals surface area contributed by atoms with E-state index in [0.29, 0.717) is 13.1 Å². The molecule has 0 bridgehead atoms. The van der Waals surface area contributed by atoms with E-state index in [4.69, 9.17) is 4.74 Å². The summed E-state index contributed by atoms with van der Waals surface area (Å²) in [7, 11) is 1.60. The summed E-state index contributed by atoms with van der Waals surface area (Å²) in [5.41, 5.74) is 0.802. The molecule has 0 amide bonds. The van der Waals surface area contributed by atoms with E-state index in [1.54, 1.807) is 7.11 Å². The van der Waals surface area contributed by atoms with Crippen LogP contribution in [0, 0.1) is 10.1 Å². The van der Waals surface area contributed by atoms with Crippen LogP contribution in [0.4, 0.5) is 17.3 Å². The second kappa shape index (κ2) is 7.21. The van der Waals surface area contributed by atoms with Crippen LogP contribution in [0.3, 0.4) is 0 Å². The van der Waals surface area contributed by atoms with Crippen LogP contribution >= 0.6 is 0 Å². The lowest BCUT2D eigenvalue weighted by Crippen LogP contribution is -2.09. The average Bonchev–Trinajstić information content (AvgIpc) is 2.53. The molecule has 22 heavy (non-hydrogen) atoms. The molecule has 0 saturated heterocycles. The van der Waals surface area contributed by atoms with Gasteiger partial charge in [-0.25, -0.2) is 9.97 Å². The van der Waals surface area contributed by atoms with Crippen LogP contribution in [0.1, 0.15) is 12.5 Å². The van der Waals surface area contributed by atoms with Crippen LogP contribution in [0.25, 0.3) is 0 Å². The molecule has 116 valence electrons. The molecule has 1 heterocycles. The van der Waals surface area contributed by atoms with Crippen molar-refractivity contribution in [1.82, 2.24) is 9.97 Å². The molecule has 8 nitrogen and oxygen atoms in total. The summed E-state index contributed by atoms with van der Waals surface area (Å²) in [6, 6.07) is 7.42. The third-order valence-corrected chi connectivity index (χ3v) is 2.97. The molecule has 0 aliphatic heterocycles. The second-order valence-corrected chi connectivity index (χ2v) is 4.41. The van der Waals surface area contributed by atoms with Gasteiger partial charge in [0.1, 0.15) is 12.1 Å². The predicted molar refractivity (Wildman–Crippen MR) is 83.2 cm³/mol. The van der Waals surface area contributed by atoms with Crippen molar-refractivity contribution in [3.05, 3.63) is 46.3 Å². The number of nitrogens with zero attached hydrogens (tertiary/aromatic N) is 3. The smallest absolute Gasteiger partial charge is 0.353 e. The number of ether oxygens (including phenoxy) is 1. The van der Waals surface area contributed by atoms with E-state index < -0.39 is 4.92 Å². The lowest BCUT2D eigenvalue weighted by molar-refractivity contribution is -0.383. The van der Waals surface area contributed by atoms with Gasteiger partial charge in [-0.15, -0.1) is 0 Å². The van der Waals surface area contributed by atoms with Crippen molar-refractivity contribution in [2.75, 3.05) is 24.3 Å². The first-order valence-corrected chi connectivity index (χ1v) is 6.75. The molecule has 0 unspecified atom stereocenters. The van der Waals surface area contributed by atoms with Crippen molar-refractivity contribution in [2.45, 2.75) is 13.5 Å². The molecular weight excluding hydrogens is 286 g/mol. The molecule has 0 fully saturated rings. The molecule has 0 aliphatic carbocycles. The fourth-order valence-corrected chi connectivity index (χ4v) is 1.91. The lowest BCUT2D eigenvalue weighted by atomic mass is 10.2. The summed E-state index contributed by atoms with van der Waals surface area (Å²) in [6.45, 7) is 2.79. The van der Waals surface area contributed by atoms with Crippen LogP contribution in [0.2, 0.25) is 0 Å². The number of hydrogen-bond acceptors (Lipinski definition) is 7. The number of rotatable bonds is 7. The number of methoxy groups -OCH3 is 1. The SMILES string of the molecule is CCNc1ncnc(NCc2ccc(OC)cc2)c1[N+](=O)[O-]. The van der Waals surface area contributed by atoms with Gasteiger partial charge >= 0.3 is 5.69 Å². The Morgan fingerprint density at radius 1 is 1.18 bits per heavy atom. The van der Waals surface area contributed by atoms with Gasteiger partial charge in [0.05, 0.1) is 12.0 Å². The topological polar surface area (TPSA) is 102 Å². The van der Waals surface area contributed by atoms with Crippen molar-refractivity contribution >= 4 is 17.3 Å². The lowest BCUT2D eigenvalue weighted by Gasteiger charge is -2.09. The van der Waals surface area contributed by atoms with Crippen LogP contribution in [-0.4, -0.2) is 28.5 Å². The van der Waals surface area contributed by atoms with E-state index in [-0.39, 0.29) is 17.3 Å². The number of aromatic nitrogens is 2. The maximum atomic E-state index is 11.2. The van der Waals surface area contributed by atoms with Crippen molar-refractivity contribution in [3.8, 4) is 5.75 Å². The van der Waals surface area contributed by atoms with E-state index in [0.717, 1.165) is 11.3 Å². The first-order chi connectivity index (χ1) is 10.7. The fraction of sp³-hybridized carbons (Fsp3) is 0.286. The normalized spacial score (nSPS) is 10.1. The second-order valence-electron chi connectivity index (χ2n) is 4.41. The van der Waals surface area contributed by atoms with E-state index in [1.807, 2.05) is 31.2 Å². The molecule has 1 aromatic heterocycles. The molecule has 0 radical (unpaired) electrons. The van der Waals surface area contributed by atoms with Gasteiger partial charge in [0.2, 0.25) is 11.6 Å². The third kappa shape index (κ3) is 3.60. The van der Waals surface area contributed by atoms with Gasteiger partial charge in [-0.3, -0.25) is 10.1 Å². The highest BCUT2D eigenvalue weighted by molar-refractivity contribution is 5.69. The van der Waals surface area contributed by atoms with Crippen molar-refractivity contribution in [3.63, 3.8) is 0 Å². The Bertz CT molecular complexity index is 645. The molecule has 0 saturated carbocycles. The van der Waals surface area contributed by atoms with E-state index in [2.05, 4.69) is 20.6 Å². The first kappa shape index (κ1) is 15.5. The van der Waals surface area contributed by atoms with Gasteiger partial charge in [0.15, 0.2) is 0 Å². The minimum absolute atomic E-state index is 0.155. The molecular formula is C14H17N5O3. The average molecular weight is 303 g/mol. The summed E-state index contributed by atoms with van der Waals surface area (Å²) < 4.78 is 5.09. The number of nitro groups is 1. The summed E-state index contributed by atoms with van der Waals surface area (Å²) in [5, 5.41) is 17.1. The van der Waals surface area contributed by atoms with Gasteiger partial charge < -0.3 is 15.4 Å². The number of nitrogens with one attached hydrogen (secondary N) is 2. The van der Waals surface area contributed by atoms with E-state index >= 15 is 0 Å². The van der Waals surface area contributed by atoms with Gasteiger partial charge in [-0.1, -0.05) is 12.1 Å². The Balaban J connectivity index is 2.17. The highest BCUT2D eigenvalue weighted by Crippen LogP contribution is 2.29.